The first kappa shape index (κ1) is 21.8. The first-order chi connectivity index (χ1) is 14.2. The van der Waals surface area contributed by atoms with E-state index in [2.05, 4.69) is 36.9 Å². The monoisotopic (exact) mass is 536 g/mol. The van der Waals surface area contributed by atoms with Gasteiger partial charge in [0.1, 0.15) is 0 Å². The lowest BCUT2D eigenvalue weighted by Crippen LogP contribution is -2.07. The molecule has 1 heterocycles. The summed E-state index contributed by atoms with van der Waals surface area (Å²) in [5, 5.41) is 11.0. The van der Waals surface area contributed by atoms with E-state index in [4.69, 9.17) is 9.47 Å². The SMILES string of the molecule is CCC(=O)Oc1c(Br)cc(/C=C2\N=C(c3ccc([N+](=O)[O-])c(C)c3)OC2=O)cc1Br. The normalized spacial score (nSPS) is 14.5. The lowest BCUT2D eigenvalue weighted by atomic mass is 10.1. The van der Waals surface area contributed by atoms with E-state index in [0.29, 0.717) is 31.4 Å². The highest BCUT2D eigenvalue weighted by atomic mass is 79.9. The Hall–Kier alpha value is -2.85. The second kappa shape index (κ2) is 8.88. The lowest BCUT2D eigenvalue weighted by Gasteiger charge is -2.09. The van der Waals surface area contributed by atoms with Crippen molar-refractivity contribution in [2.24, 2.45) is 4.99 Å². The summed E-state index contributed by atoms with van der Waals surface area (Å²) in [6.45, 7) is 3.29. The van der Waals surface area contributed by atoms with Gasteiger partial charge < -0.3 is 9.47 Å². The molecule has 10 heteroatoms. The van der Waals surface area contributed by atoms with Gasteiger partial charge in [-0.15, -0.1) is 0 Å². The molecule has 2 aromatic rings. The van der Waals surface area contributed by atoms with E-state index >= 15 is 0 Å². The number of benzene rings is 2. The molecule has 0 saturated heterocycles. The number of nitrogens with zero attached hydrogens (tertiary/aromatic N) is 2. The summed E-state index contributed by atoms with van der Waals surface area (Å²) in [5.41, 5.74) is 1.54. The Kier molecular flexibility index (Phi) is 6.47. The molecule has 0 atom stereocenters. The molecule has 30 heavy (non-hydrogen) atoms. The van der Waals surface area contributed by atoms with Crippen molar-refractivity contribution in [2.75, 3.05) is 0 Å². The van der Waals surface area contributed by atoms with Crippen LogP contribution in [0.2, 0.25) is 0 Å². The maximum atomic E-state index is 12.2. The molecule has 0 aromatic heterocycles. The summed E-state index contributed by atoms with van der Waals surface area (Å²) >= 11 is 6.70. The maximum absolute atomic E-state index is 12.2. The topological polar surface area (TPSA) is 108 Å². The van der Waals surface area contributed by atoms with Gasteiger partial charge in [-0.05, 0) is 74.7 Å². The van der Waals surface area contributed by atoms with Crippen LogP contribution >= 0.6 is 31.9 Å². The zero-order valence-electron chi connectivity index (χ0n) is 15.8. The van der Waals surface area contributed by atoms with Crippen LogP contribution in [0.4, 0.5) is 5.69 Å². The number of cyclic esters (lactones) is 1. The minimum absolute atomic E-state index is 0.0296. The van der Waals surface area contributed by atoms with Crippen molar-refractivity contribution in [1.29, 1.82) is 0 Å². The Morgan fingerprint density at radius 1 is 1.27 bits per heavy atom. The molecule has 0 N–H and O–H groups in total. The number of esters is 2. The Balaban J connectivity index is 1.92. The van der Waals surface area contributed by atoms with E-state index in [9.17, 15) is 19.7 Å². The third kappa shape index (κ3) is 4.65. The molecule has 2 aromatic carbocycles. The average Bonchev–Trinajstić information content (AvgIpc) is 3.04. The van der Waals surface area contributed by atoms with E-state index in [1.807, 2.05) is 0 Å². The lowest BCUT2D eigenvalue weighted by molar-refractivity contribution is -0.385. The van der Waals surface area contributed by atoms with Crippen LogP contribution in [-0.4, -0.2) is 22.8 Å². The molecule has 0 aliphatic carbocycles. The molecule has 0 amide bonds. The van der Waals surface area contributed by atoms with E-state index in [-0.39, 0.29) is 29.7 Å². The molecule has 0 fully saturated rings. The maximum Gasteiger partial charge on any atom is 0.363 e. The fourth-order valence-corrected chi connectivity index (χ4v) is 4.01. The Bertz CT molecular complexity index is 1120. The predicted molar refractivity (Wildman–Crippen MR) is 116 cm³/mol. The second-order valence-electron chi connectivity index (χ2n) is 6.24. The molecule has 1 aliphatic heterocycles. The zero-order valence-corrected chi connectivity index (χ0v) is 18.9. The molecule has 8 nitrogen and oxygen atoms in total. The van der Waals surface area contributed by atoms with Crippen molar-refractivity contribution in [1.82, 2.24) is 0 Å². The first-order valence-corrected chi connectivity index (χ1v) is 10.3. The van der Waals surface area contributed by atoms with Gasteiger partial charge in [0.25, 0.3) is 5.69 Å². The molecule has 0 bridgehead atoms. The van der Waals surface area contributed by atoms with Crippen molar-refractivity contribution in [3.05, 3.63) is 71.8 Å². The number of carbonyl (C=O) groups excluding carboxylic acids is 2. The molecule has 1 aliphatic rings. The van der Waals surface area contributed by atoms with Crippen LogP contribution in [0.5, 0.6) is 5.75 Å². The van der Waals surface area contributed by atoms with E-state index in [0.717, 1.165) is 0 Å². The molecule has 0 saturated carbocycles. The summed E-state index contributed by atoms with van der Waals surface area (Å²) in [7, 11) is 0. The number of aliphatic imine (C=N–C) groups is 1. The van der Waals surface area contributed by atoms with Crippen LogP contribution in [0.15, 0.2) is 50.0 Å². The number of rotatable bonds is 5. The number of aryl methyl sites for hydroxylation is 1. The van der Waals surface area contributed by atoms with Gasteiger partial charge >= 0.3 is 11.9 Å². The number of nitro benzene ring substituents is 1. The van der Waals surface area contributed by atoms with Crippen molar-refractivity contribution in [2.45, 2.75) is 20.3 Å². The molecular weight excluding hydrogens is 524 g/mol. The summed E-state index contributed by atoms with van der Waals surface area (Å²) in [5.74, 6) is -0.622. The zero-order chi connectivity index (χ0) is 22.0. The molecular formula is C20H14Br2N2O6. The minimum atomic E-state index is -0.644. The number of halogens is 2. The summed E-state index contributed by atoms with van der Waals surface area (Å²) in [4.78, 5) is 38.5. The van der Waals surface area contributed by atoms with E-state index in [1.165, 1.54) is 24.3 Å². The Morgan fingerprint density at radius 3 is 2.50 bits per heavy atom. The van der Waals surface area contributed by atoms with Crippen molar-refractivity contribution < 1.29 is 24.0 Å². The third-order valence-electron chi connectivity index (χ3n) is 4.09. The summed E-state index contributed by atoms with van der Waals surface area (Å²) in [6.07, 6.45) is 1.75. The van der Waals surface area contributed by atoms with Gasteiger partial charge in [0.05, 0.1) is 13.9 Å². The van der Waals surface area contributed by atoms with E-state index in [1.54, 1.807) is 26.0 Å². The van der Waals surface area contributed by atoms with Crippen LogP contribution in [0.3, 0.4) is 0 Å². The highest BCUT2D eigenvalue weighted by Crippen LogP contribution is 2.36. The number of ether oxygens (including phenoxy) is 2. The van der Waals surface area contributed by atoms with Crippen LogP contribution in [0.1, 0.15) is 30.0 Å². The Morgan fingerprint density at radius 2 is 1.93 bits per heavy atom. The van der Waals surface area contributed by atoms with Gasteiger partial charge in [-0.3, -0.25) is 14.9 Å². The largest absolute Gasteiger partial charge is 0.424 e. The van der Waals surface area contributed by atoms with Crippen LogP contribution in [0, 0.1) is 17.0 Å². The van der Waals surface area contributed by atoms with Crippen LogP contribution in [0.25, 0.3) is 6.08 Å². The molecule has 154 valence electrons. The number of nitro groups is 1. The smallest absolute Gasteiger partial charge is 0.363 e. The van der Waals surface area contributed by atoms with Gasteiger partial charge in [-0.1, -0.05) is 6.92 Å². The fourth-order valence-electron chi connectivity index (χ4n) is 2.63. The van der Waals surface area contributed by atoms with Gasteiger partial charge in [0, 0.05) is 23.6 Å². The Labute approximate surface area is 188 Å². The van der Waals surface area contributed by atoms with Crippen molar-refractivity contribution >= 4 is 61.5 Å². The molecule has 0 spiro atoms. The standard InChI is InChI=1S/C20H14Br2N2O6/c1-3-17(25)29-18-13(21)7-11(8-14(18)22)9-15-20(26)30-19(23-15)12-4-5-16(24(27)28)10(2)6-12/h4-9H,3H2,1-2H3/b15-9-. The molecule has 3 rings (SSSR count). The predicted octanol–water partition coefficient (Wildman–Crippen LogP) is 5.09. The number of hydrogen-bond acceptors (Lipinski definition) is 7. The van der Waals surface area contributed by atoms with E-state index < -0.39 is 10.9 Å². The third-order valence-corrected chi connectivity index (χ3v) is 5.27. The summed E-state index contributed by atoms with van der Waals surface area (Å²) in [6, 6.07) is 7.70. The van der Waals surface area contributed by atoms with Gasteiger partial charge in [-0.25, -0.2) is 9.79 Å². The van der Waals surface area contributed by atoms with Crippen LogP contribution in [-0.2, 0) is 14.3 Å². The van der Waals surface area contributed by atoms with Crippen molar-refractivity contribution in [3.63, 3.8) is 0 Å². The number of hydrogen-bond donors (Lipinski definition) is 0. The van der Waals surface area contributed by atoms with Gasteiger partial charge in [0.2, 0.25) is 5.90 Å². The molecule has 0 unspecified atom stereocenters. The minimum Gasteiger partial charge on any atom is -0.424 e. The molecule has 0 radical (unpaired) electrons. The van der Waals surface area contributed by atoms with Crippen LogP contribution < -0.4 is 4.74 Å². The highest BCUT2D eigenvalue weighted by Gasteiger charge is 2.25. The fraction of sp³-hybridized carbons (Fsp3) is 0.150. The highest BCUT2D eigenvalue weighted by molar-refractivity contribution is 9.11. The van der Waals surface area contributed by atoms with Gasteiger partial charge in [-0.2, -0.15) is 0 Å². The summed E-state index contributed by atoms with van der Waals surface area (Å²) < 4.78 is 11.5. The average molecular weight is 538 g/mol. The number of carbonyl (C=O) groups is 2. The van der Waals surface area contributed by atoms with Gasteiger partial charge in [0.15, 0.2) is 11.4 Å². The first-order valence-electron chi connectivity index (χ1n) is 8.67. The quantitative estimate of drug-likeness (QED) is 0.173. The van der Waals surface area contributed by atoms with Crippen molar-refractivity contribution in [3.8, 4) is 5.75 Å². The second-order valence-corrected chi connectivity index (χ2v) is 7.94.